The Labute approximate surface area is 126 Å². The summed E-state index contributed by atoms with van der Waals surface area (Å²) in [7, 11) is 0. The van der Waals surface area contributed by atoms with E-state index < -0.39 is 12.0 Å². The summed E-state index contributed by atoms with van der Waals surface area (Å²) in [4.78, 5) is 23.1. The van der Waals surface area contributed by atoms with Gasteiger partial charge in [0.2, 0.25) is 5.91 Å². The summed E-state index contributed by atoms with van der Waals surface area (Å²) in [6.45, 7) is 6.38. The summed E-state index contributed by atoms with van der Waals surface area (Å²) in [5.41, 5.74) is 1.09. The van der Waals surface area contributed by atoms with Crippen LogP contribution >= 0.6 is 0 Å². The average Bonchev–Trinajstić information content (AvgIpc) is 2.37. The number of hydrogen-bond acceptors (Lipinski definition) is 2. The molecule has 2 N–H and O–H groups in total. The van der Waals surface area contributed by atoms with E-state index in [0.29, 0.717) is 12.8 Å². The smallest absolute Gasteiger partial charge is 0.326 e. The lowest BCUT2D eigenvalue weighted by molar-refractivity contribution is -0.141. The summed E-state index contributed by atoms with van der Waals surface area (Å²) in [5.74, 6) is -1.19. The molecule has 0 aliphatic carbocycles. The largest absolute Gasteiger partial charge is 0.480 e. The molecule has 1 rings (SSSR count). The molecule has 1 aromatic rings. The first-order chi connectivity index (χ1) is 9.78. The molecule has 116 valence electrons. The molecular formula is C17H25NO3. The van der Waals surface area contributed by atoms with Crippen molar-refractivity contribution in [3.8, 4) is 0 Å². The molecule has 0 spiro atoms. The summed E-state index contributed by atoms with van der Waals surface area (Å²) in [6, 6.07) is 8.46. The van der Waals surface area contributed by atoms with Crippen molar-refractivity contribution in [3.63, 3.8) is 0 Å². The molecule has 0 aromatic heterocycles. The van der Waals surface area contributed by atoms with Gasteiger partial charge in [-0.1, -0.05) is 51.1 Å². The maximum Gasteiger partial charge on any atom is 0.326 e. The lowest BCUT2D eigenvalue weighted by Gasteiger charge is -2.18. The Morgan fingerprint density at radius 2 is 1.81 bits per heavy atom. The molecule has 0 unspecified atom stereocenters. The molecule has 0 saturated heterocycles. The standard InChI is InChI=1S/C17H25NO3/c1-17(2,3)11-7-10-15(19)18-14(16(20)21)12-13-8-5-4-6-9-13/h4-6,8-9,14H,7,10-12H2,1-3H3,(H,18,19)(H,20,21)/t14-/m0/s1. The van der Waals surface area contributed by atoms with Crippen LogP contribution in [0.2, 0.25) is 0 Å². The Bertz CT molecular complexity index is 463. The SMILES string of the molecule is CC(C)(C)CCCC(=O)N[C@@H](Cc1ccccc1)C(=O)O. The molecular weight excluding hydrogens is 266 g/mol. The average molecular weight is 291 g/mol. The zero-order valence-electron chi connectivity index (χ0n) is 13.1. The highest BCUT2D eigenvalue weighted by Crippen LogP contribution is 2.21. The molecule has 4 heteroatoms. The normalized spacial score (nSPS) is 12.7. The molecule has 0 aliphatic heterocycles. The van der Waals surface area contributed by atoms with Crippen LogP contribution in [-0.2, 0) is 16.0 Å². The van der Waals surface area contributed by atoms with Gasteiger partial charge >= 0.3 is 5.97 Å². The highest BCUT2D eigenvalue weighted by molar-refractivity contribution is 5.83. The molecule has 1 amide bonds. The number of amides is 1. The maximum absolute atomic E-state index is 11.9. The number of nitrogens with one attached hydrogen (secondary N) is 1. The zero-order chi connectivity index (χ0) is 15.9. The summed E-state index contributed by atoms with van der Waals surface area (Å²) < 4.78 is 0. The number of hydrogen-bond donors (Lipinski definition) is 2. The van der Waals surface area contributed by atoms with Crippen molar-refractivity contribution in [3.05, 3.63) is 35.9 Å². The fourth-order valence-electron chi connectivity index (χ4n) is 2.10. The third-order valence-corrected chi connectivity index (χ3v) is 3.25. The number of carbonyl (C=O) groups excluding carboxylic acids is 1. The Morgan fingerprint density at radius 3 is 2.33 bits per heavy atom. The van der Waals surface area contributed by atoms with Crippen LogP contribution in [-0.4, -0.2) is 23.0 Å². The van der Waals surface area contributed by atoms with E-state index >= 15 is 0 Å². The van der Waals surface area contributed by atoms with E-state index in [0.717, 1.165) is 18.4 Å². The highest BCUT2D eigenvalue weighted by atomic mass is 16.4. The molecule has 0 aliphatic rings. The highest BCUT2D eigenvalue weighted by Gasteiger charge is 2.20. The monoisotopic (exact) mass is 291 g/mol. The van der Waals surface area contributed by atoms with Gasteiger partial charge in [-0.25, -0.2) is 4.79 Å². The summed E-state index contributed by atoms with van der Waals surface area (Å²) in [5, 5.41) is 11.8. The second-order valence-corrected chi connectivity index (χ2v) is 6.56. The number of carboxylic acid groups (broad SMARTS) is 1. The zero-order valence-corrected chi connectivity index (χ0v) is 13.1. The molecule has 0 saturated carbocycles. The molecule has 0 fully saturated rings. The second-order valence-electron chi connectivity index (χ2n) is 6.56. The van der Waals surface area contributed by atoms with Gasteiger partial charge < -0.3 is 10.4 Å². The minimum atomic E-state index is -0.997. The first-order valence-electron chi connectivity index (χ1n) is 7.34. The van der Waals surface area contributed by atoms with E-state index in [4.69, 9.17) is 0 Å². The molecule has 4 nitrogen and oxygen atoms in total. The van der Waals surface area contributed by atoms with Gasteiger partial charge in [-0.2, -0.15) is 0 Å². The first kappa shape index (κ1) is 17.2. The first-order valence-corrected chi connectivity index (χ1v) is 7.34. The number of aliphatic carboxylic acids is 1. The Kier molecular flexibility index (Phi) is 6.40. The predicted octanol–water partition coefficient (Wildman–Crippen LogP) is 3.01. The minimum Gasteiger partial charge on any atom is -0.480 e. The van der Waals surface area contributed by atoms with Gasteiger partial charge in [0.05, 0.1) is 0 Å². The maximum atomic E-state index is 11.9. The fraction of sp³-hybridized carbons (Fsp3) is 0.529. The van der Waals surface area contributed by atoms with Crippen molar-refractivity contribution >= 4 is 11.9 Å². The Hall–Kier alpha value is -1.84. The van der Waals surface area contributed by atoms with Gasteiger partial charge in [-0.15, -0.1) is 0 Å². The second kappa shape index (κ2) is 7.81. The number of carbonyl (C=O) groups is 2. The molecule has 0 radical (unpaired) electrons. The minimum absolute atomic E-state index is 0.191. The van der Waals surface area contributed by atoms with Crippen LogP contribution in [0.1, 0.15) is 45.6 Å². The quantitative estimate of drug-likeness (QED) is 0.811. The van der Waals surface area contributed by atoms with Crippen molar-refractivity contribution in [1.82, 2.24) is 5.32 Å². The van der Waals surface area contributed by atoms with Gasteiger partial charge in [0.25, 0.3) is 0 Å². The summed E-state index contributed by atoms with van der Waals surface area (Å²) >= 11 is 0. The molecule has 0 bridgehead atoms. The van der Waals surface area contributed by atoms with Crippen LogP contribution in [0.3, 0.4) is 0 Å². The lowest BCUT2D eigenvalue weighted by Crippen LogP contribution is -2.42. The van der Waals surface area contributed by atoms with Gasteiger partial charge in [-0.05, 0) is 23.8 Å². The topological polar surface area (TPSA) is 66.4 Å². The van der Waals surface area contributed by atoms with E-state index in [1.165, 1.54) is 0 Å². The fourth-order valence-corrected chi connectivity index (χ4v) is 2.10. The van der Waals surface area contributed by atoms with Crippen molar-refractivity contribution in [1.29, 1.82) is 0 Å². The Morgan fingerprint density at radius 1 is 1.19 bits per heavy atom. The van der Waals surface area contributed by atoms with Crippen molar-refractivity contribution in [2.45, 2.75) is 52.5 Å². The van der Waals surface area contributed by atoms with Crippen LogP contribution in [0.4, 0.5) is 0 Å². The van der Waals surface area contributed by atoms with E-state index in [1.807, 2.05) is 30.3 Å². The van der Waals surface area contributed by atoms with E-state index in [9.17, 15) is 14.7 Å². The van der Waals surface area contributed by atoms with E-state index in [2.05, 4.69) is 26.1 Å². The molecule has 21 heavy (non-hydrogen) atoms. The van der Waals surface area contributed by atoms with Crippen molar-refractivity contribution in [2.75, 3.05) is 0 Å². The Balaban J connectivity index is 2.47. The van der Waals surface area contributed by atoms with Crippen molar-refractivity contribution < 1.29 is 14.7 Å². The molecule has 0 heterocycles. The lowest BCUT2D eigenvalue weighted by atomic mass is 9.90. The van der Waals surface area contributed by atoms with Crippen LogP contribution < -0.4 is 5.32 Å². The summed E-state index contributed by atoms with van der Waals surface area (Å²) in [6.07, 6.45) is 2.39. The van der Waals surface area contributed by atoms with Gasteiger partial charge in [0.15, 0.2) is 0 Å². The van der Waals surface area contributed by atoms with E-state index in [1.54, 1.807) is 0 Å². The van der Waals surface area contributed by atoms with Gasteiger partial charge in [0.1, 0.15) is 6.04 Å². The van der Waals surface area contributed by atoms with Crippen LogP contribution in [0.15, 0.2) is 30.3 Å². The van der Waals surface area contributed by atoms with Gasteiger partial charge in [-0.3, -0.25) is 4.79 Å². The number of carboxylic acids is 1. The van der Waals surface area contributed by atoms with Crippen molar-refractivity contribution in [2.24, 2.45) is 5.41 Å². The van der Waals surface area contributed by atoms with Crippen LogP contribution in [0, 0.1) is 5.41 Å². The predicted molar refractivity (Wildman–Crippen MR) is 83.0 cm³/mol. The molecule has 1 aromatic carbocycles. The third-order valence-electron chi connectivity index (χ3n) is 3.25. The van der Waals surface area contributed by atoms with Crippen LogP contribution in [0.25, 0.3) is 0 Å². The number of benzene rings is 1. The third kappa shape index (κ3) is 7.49. The van der Waals surface area contributed by atoms with Gasteiger partial charge in [0, 0.05) is 12.8 Å². The molecule has 1 atom stereocenters. The van der Waals surface area contributed by atoms with Crippen LogP contribution in [0.5, 0.6) is 0 Å². The number of rotatable bonds is 7. The van der Waals surface area contributed by atoms with E-state index in [-0.39, 0.29) is 11.3 Å².